The molecule has 0 spiro atoms. The molecule has 1 aromatic carbocycles. The van der Waals surface area contributed by atoms with E-state index in [2.05, 4.69) is 5.10 Å². The van der Waals surface area contributed by atoms with Crippen LogP contribution in [0.3, 0.4) is 0 Å². The molecular weight excluding hydrogens is 270 g/mol. The molecule has 1 heterocycles. The van der Waals surface area contributed by atoms with Gasteiger partial charge in [0, 0.05) is 0 Å². The zero-order chi connectivity index (χ0) is 11.7. The van der Waals surface area contributed by atoms with Crippen molar-refractivity contribution in [3.8, 4) is 5.69 Å². The molecule has 16 heavy (non-hydrogen) atoms. The predicted octanol–water partition coefficient (Wildman–Crippen LogP) is 3.65. The number of para-hydroxylation sites is 1. The lowest BCUT2D eigenvalue weighted by Gasteiger charge is -2.04. The lowest BCUT2D eigenvalue weighted by Crippen LogP contribution is -1.97. The zero-order valence-electron chi connectivity index (χ0n) is 7.82. The second-order valence-corrected chi connectivity index (χ2v) is 4.10. The summed E-state index contributed by atoms with van der Waals surface area (Å²) in [5, 5.41) is 4.62. The number of halogens is 3. The van der Waals surface area contributed by atoms with Crippen molar-refractivity contribution < 1.29 is 4.79 Å². The van der Waals surface area contributed by atoms with Crippen LogP contribution in [0.2, 0.25) is 15.3 Å². The van der Waals surface area contributed by atoms with E-state index < -0.39 is 0 Å². The van der Waals surface area contributed by atoms with Gasteiger partial charge in [-0.25, -0.2) is 4.68 Å². The SMILES string of the molecule is O=Cc1c(Cl)nn(-c2ccccc2Cl)c1Cl. The van der Waals surface area contributed by atoms with Crippen LogP contribution in [0.15, 0.2) is 24.3 Å². The summed E-state index contributed by atoms with van der Waals surface area (Å²) < 4.78 is 1.33. The normalized spacial score (nSPS) is 10.4. The van der Waals surface area contributed by atoms with Gasteiger partial charge in [0.15, 0.2) is 11.4 Å². The van der Waals surface area contributed by atoms with Crippen LogP contribution < -0.4 is 0 Å². The standard InChI is InChI=1S/C10H5Cl3N2O/c11-7-3-1-2-4-8(7)15-10(13)6(5-16)9(12)14-15/h1-5H. The number of hydrogen-bond donors (Lipinski definition) is 0. The maximum Gasteiger partial charge on any atom is 0.163 e. The van der Waals surface area contributed by atoms with Crippen LogP contribution in [0.4, 0.5) is 0 Å². The van der Waals surface area contributed by atoms with Crippen LogP contribution in [0, 0.1) is 0 Å². The Labute approximate surface area is 107 Å². The molecule has 0 saturated heterocycles. The molecule has 2 rings (SSSR count). The van der Waals surface area contributed by atoms with Crippen molar-refractivity contribution in [3.05, 3.63) is 45.2 Å². The Hall–Kier alpha value is -1.03. The molecule has 82 valence electrons. The Kier molecular flexibility index (Phi) is 3.19. The van der Waals surface area contributed by atoms with Gasteiger partial charge in [0.25, 0.3) is 0 Å². The average molecular weight is 276 g/mol. The van der Waals surface area contributed by atoms with Crippen LogP contribution in [-0.4, -0.2) is 16.1 Å². The van der Waals surface area contributed by atoms with Gasteiger partial charge in [-0.3, -0.25) is 4.79 Å². The Bertz CT molecular complexity index is 551. The molecule has 0 fully saturated rings. The summed E-state index contributed by atoms with van der Waals surface area (Å²) in [6, 6.07) is 6.99. The third-order valence-electron chi connectivity index (χ3n) is 2.02. The van der Waals surface area contributed by atoms with Crippen LogP contribution in [0.5, 0.6) is 0 Å². The fourth-order valence-electron chi connectivity index (χ4n) is 1.27. The van der Waals surface area contributed by atoms with Gasteiger partial charge in [-0.05, 0) is 12.1 Å². The maximum atomic E-state index is 10.7. The van der Waals surface area contributed by atoms with E-state index in [-0.39, 0.29) is 15.9 Å². The minimum absolute atomic E-state index is 0.0555. The molecule has 0 saturated carbocycles. The number of benzene rings is 1. The number of nitrogens with zero attached hydrogens (tertiary/aromatic N) is 2. The summed E-state index contributed by atoms with van der Waals surface area (Å²) in [4.78, 5) is 10.7. The van der Waals surface area contributed by atoms with E-state index in [1.165, 1.54) is 4.68 Å². The zero-order valence-corrected chi connectivity index (χ0v) is 10.1. The highest BCUT2D eigenvalue weighted by atomic mass is 35.5. The highest BCUT2D eigenvalue weighted by molar-refractivity contribution is 6.38. The summed E-state index contributed by atoms with van der Waals surface area (Å²) >= 11 is 17.7. The van der Waals surface area contributed by atoms with E-state index in [1.807, 2.05) is 0 Å². The second kappa shape index (κ2) is 4.45. The number of aldehydes is 1. The van der Waals surface area contributed by atoms with Gasteiger partial charge in [-0.15, -0.1) is 0 Å². The fourth-order valence-corrected chi connectivity index (χ4v) is 2.00. The van der Waals surface area contributed by atoms with Crippen molar-refractivity contribution in [3.63, 3.8) is 0 Å². The predicted molar refractivity (Wildman–Crippen MR) is 64.0 cm³/mol. The molecule has 0 N–H and O–H groups in total. The first kappa shape index (κ1) is 11.5. The van der Waals surface area contributed by atoms with Crippen LogP contribution in [0.25, 0.3) is 5.69 Å². The molecule has 0 bridgehead atoms. The third kappa shape index (κ3) is 1.82. The van der Waals surface area contributed by atoms with Gasteiger partial charge < -0.3 is 0 Å². The molecule has 1 aromatic heterocycles. The van der Waals surface area contributed by atoms with Crippen molar-refractivity contribution in [1.82, 2.24) is 9.78 Å². The van der Waals surface area contributed by atoms with Gasteiger partial charge in [0.2, 0.25) is 0 Å². The number of rotatable bonds is 2. The van der Waals surface area contributed by atoms with Crippen LogP contribution in [0.1, 0.15) is 10.4 Å². The summed E-state index contributed by atoms with van der Waals surface area (Å²) in [5.41, 5.74) is 0.729. The highest BCUT2D eigenvalue weighted by Gasteiger charge is 2.16. The number of hydrogen-bond acceptors (Lipinski definition) is 2. The van der Waals surface area contributed by atoms with Crippen molar-refractivity contribution >= 4 is 41.1 Å². The quantitative estimate of drug-likeness (QED) is 0.784. The Balaban J connectivity index is 2.66. The van der Waals surface area contributed by atoms with E-state index >= 15 is 0 Å². The van der Waals surface area contributed by atoms with Crippen molar-refractivity contribution in [1.29, 1.82) is 0 Å². The number of aromatic nitrogens is 2. The first-order valence-corrected chi connectivity index (χ1v) is 5.42. The monoisotopic (exact) mass is 274 g/mol. The largest absolute Gasteiger partial charge is 0.298 e. The number of carbonyl (C=O) groups is 1. The van der Waals surface area contributed by atoms with E-state index in [9.17, 15) is 4.79 Å². The first-order valence-electron chi connectivity index (χ1n) is 4.29. The molecule has 0 aliphatic carbocycles. The van der Waals surface area contributed by atoms with Gasteiger partial charge in [-0.1, -0.05) is 46.9 Å². The average Bonchev–Trinajstić information content (AvgIpc) is 2.55. The van der Waals surface area contributed by atoms with Gasteiger partial charge >= 0.3 is 0 Å². The van der Waals surface area contributed by atoms with Crippen LogP contribution >= 0.6 is 34.8 Å². The van der Waals surface area contributed by atoms with Crippen molar-refractivity contribution in [2.45, 2.75) is 0 Å². The Morgan fingerprint density at radius 1 is 1.19 bits per heavy atom. The van der Waals surface area contributed by atoms with Crippen molar-refractivity contribution in [2.24, 2.45) is 0 Å². The summed E-state index contributed by atoms with van der Waals surface area (Å²) in [5.74, 6) is 0. The second-order valence-electron chi connectivity index (χ2n) is 2.98. The van der Waals surface area contributed by atoms with E-state index in [4.69, 9.17) is 34.8 Å². The molecule has 3 nitrogen and oxygen atoms in total. The molecule has 0 radical (unpaired) electrons. The Morgan fingerprint density at radius 3 is 2.44 bits per heavy atom. The fraction of sp³-hybridized carbons (Fsp3) is 0. The lowest BCUT2D eigenvalue weighted by atomic mass is 10.3. The van der Waals surface area contributed by atoms with E-state index in [1.54, 1.807) is 24.3 Å². The molecule has 6 heteroatoms. The molecule has 0 amide bonds. The molecule has 0 atom stereocenters. The smallest absolute Gasteiger partial charge is 0.163 e. The highest BCUT2D eigenvalue weighted by Crippen LogP contribution is 2.28. The Morgan fingerprint density at radius 2 is 1.88 bits per heavy atom. The summed E-state index contributed by atoms with van der Waals surface area (Å²) in [7, 11) is 0. The first-order chi connectivity index (χ1) is 7.65. The number of carbonyl (C=O) groups excluding carboxylic acids is 1. The minimum atomic E-state index is 0.0555. The molecular formula is C10H5Cl3N2O. The van der Waals surface area contributed by atoms with E-state index in [0.717, 1.165) is 0 Å². The summed E-state index contributed by atoms with van der Waals surface area (Å²) in [6.07, 6.45) is 0.561. The van der Waals surface area contributed by atoms with Gasteiger partial charge in [0.1, 0.15) is 5.15 Å². The topological polar surface area (TPSA) is 34.9 Å². The molecule has 0 unspecified atom stereocenters. The molecule has 0 aliphatic rings. The minimum Gasteiger partial charge on any atom is -0.298 e. The molecule has 2 aromatic rings. The van der Waals surface area contributed by atoms with Crippen LogP contribution in [-0.2, 0) is 0 Å². The molecule has 0 aliphatic heterocycles. The third-order valence-corrected chi connectivity index (χ3v) is 2.98. The van der Waals surface area contributed by atoms with Crippen molar-refractivity contribution in [2.75, 3.05) is 0 Å². The van der Waals surface area contributed by atoms with Gasteiger partial charge in [-0.2, -0.15) is 5.10 Å². The summed E-state index contributed by atoms with van der Waals surface area (Å²) in [6.45, 7) is 0. The lowest BCUT2D eigenvalue weighted by molar-refractivity contribution is 0.112. The van der Waals surface area contributed by atoms with Gasteiger partial charge in [0.05, 0.1) is 16.3 Å². The maximum absolute atomic E-state index is 10.7. The van der Waals surface area contributed by atoms with E-state index in [0.29, 0.717) is 17.0 Å².